The fourth-order valence-corrected chi connectivity index (χ4v) is 2.54. The third-order valence-electron chi connectivity index (χ3n) is 3.62. The Bertz CT molecular complexity index is 715. The van der Waals surface area contributed by atoms with Crippen LogP contribution in [0.25, 0.3) is 0 Å². The molecule has 2 aromatic carbocycles. The number of nitrogens with two attached hydrogens (primary N) is 1. The first-order chi connectivity index (χ1) is 10.6. The highest BCUT2D eigenvalue weighted by atomic mass is 19.1. The van der Waals surface area contributed by atoms with E-state index in [9.17, 15) is 9.18 Å². The van der Waals surface area contributed by atoms with E-state index in [1.54, 1.807) is 6.07 Å². The fourth-order valence-electron chi connectivity index (χ4n) is 2.54. The number of halogens is 1. The summed E-state index contributed by atoms with van der Waals surface area (Å²) in [6, 6.07) is 10.2. The summed E-state index contributed by atoms with van der Waals surface area (Å²) >= 11 is 0. The highest BCUT2D eigenvalue weighted by Gasteiger charge is 2.15. The molecule has 0 bridgehead atoms. The third kappa shape index (κ3) is 2.88. The Morgan fingerprint density at radius 2 is 2.18 bits per heavy atom. The molecule has 0 spiro atoms. The van der Waals surface area contributed by atoms with Gasteiger partial charge in [-0.25, -0.2) is 4.39 Å². The van der Waals surface area contributed by atoms with E-state index in [2.05, 4.69) is 6.07 Å². The fraction of sp³-hybridized carbons (Fsp3) is 0.235. The predicted octanol–water partition coefficient (Wildman–Crippen LogP) is 2.48. The van der Waals surface area contributed by atoms with Crippen molar-refractivity contribution >= 4 is 5.91 Å². The van der Waals surface area contributed by atoms with Crippen LogP contribution in [-0.4, -0.2) is 19.1 Å². The minimum absolute atomic E-state index is 0.178. The molecule has 3 rings (SSSR count). The maximum Gasteiger partial charge on any atom is 0.255 e. The average Bonchev–Trinajstić information content (AvgIpc) is 2.94. The molecule has 2 aromatic rings. The smallest absolute Gasteiger partial charge is 0.255 e. The van der Waals surface area contributed by atoms with Crippen LogP contribution in [-0.2, 0) is 12.8 Å². The normalized spacial score (nSPS) is 12.6. The van der Waals surface area contributed by atoms with Crippen molar-refractivity contribution in [3.8, 4) is 11.5 Å². The number of fused-ring (bicyclic) bond motifs is 1. The van der Waals surface area contributed by atoms with Crippen molar-refractivity contribution < 1.29 is 18.7 Å². The number of rotatable bonds is 5. The molecule has 0 unspecified atom stereocenters. The van der Waals surface area contributed by atoms with Crippen molar-refractivity contribution in [2.75, 3.05) is 13.2 Å². The zero-order chi connectivity index (χ0) is 15.5. The highest BCUT2D eigenvalue weighted by molar-refractivity contribution is 5.95. The zero-order valence-corrected chi connectivity index (χ0v) is 12.0. The Hall–Kier alpha value is -2.56. The Morgan fingerprint density at radius 3 is 3.00 bits per heavy atom. The Kier molecular flexibility index (Phi) is 3.96. The molecule has 5 heteroatoms. The second kappa shape index (κ2) is 6.05. The monoisotopic (exact) mass is 301 g/mol. The van der Waals surface area contributed by atoms with Gasteiger partial charge < -0.3 is 15.2 Å². The minimum Gasteiger partial charge on any atom is -0.493 e. The van der Waals surface area contributed by atoms with Crippen LogP contribution in [0.15, 0.2) is 36.4 Å². The second-order valence-corrected chi connectivity index (χ2v) is 5.12. The molecule has 0 saturated carbocycles. The molecule has 2 N–H and O–H groups in total. The van der Waals surface area contributed by atoms with E-state index in [1.807, 2.05) is 12.1 Å². The molecular formula is C17H16FNO3. The maximum atomic E-state index is 13.6. The van der Waals surface area contributed by atoms with Crippen LogP contribution >= 0.6 is 0 Å². The van der Waals surface area contributed by atoms with E-state index in [0.717, 1.165) is 24.3 Å². The topological polar surface area (TPSA) is 61.6 Å². The molecule has 0 saturated heterocycles. The molecule has 0 atom stereocenters. The average molecular weight is 301 g/mol. The highest BCUT2D eigenvalue weighted by Crippen LogP contribution is 2.26. The summed E-state index contributed by atoms with van der Waals surface area (Å²) in [5.74, 6) is -0.384. The number of carbonyl (C=O) groups is 1. The lowest BCUT2D eigenvalue weighted by molar-refractivity contribution is 0.0992. The molecule has 4 nitrogen and oxygen atoms in total. The molecular weight excluding hydrogens is 285 g/mol. The number of benzene rings is 2. The first kappa shape index (κ1) is 14.4. The van der Waals surface area contributed by atoms with Gasteiger partial charge in [0.05, 0.1) is 13.2 Å². The van der Waals surface area contributed by atoms with Crippen LogP contribution in [0.2, 0.25) is 0 Å². The molecule has 22 heavy (non-hydrogen) atoms. The van der Waals surface area contributed by atoms with Gasteiger partial charge in [0, 0.05) is 12.8 Å². The number of primary amides is 1. The van der Waals surface area contributed by atoms with Crippen molar-refractivity contribution in [2.45, 2.75) is 12.8 Å². The van der Waals surface area contributed by atoms with E-state index >= 15 is 0 Å². The molecule has 0 radical (unpaired) electrons. The summed E-state index contributed by atoms with van der Waals surface area (Å²) in [4.78, 5) is 11.3. The van der Waals surface area contributed by atoms with E-state index in [-0.39, 0.29) is 11.3 Å². The Morgan fingerprint density at radius 1 is 1.32 bits per heavy atom. The molecule has 1 aliphatic heterocycles. The van der Waals surface area contributed by atoms with Gasteiger partial charge in [0.15, 0.2) is 0 Å². The Labute approximate surface area is 127 Å². The number of hydrogen-bond acceptors (Lipinski definition) is 3. The van der Waals surface area contributed by atoms with Crippen molar-refractivity contribution in [3.63, 3.8) is 0 Å². The first-order valence-electron chi connectivity index (χ1n) is 7.11. The SMILES string of the molecule is NC(=O)c1c(F)cccc1OCCc1ccc2c(c1)CCO2. The van der Waals surface area contributed by atoms with Crippen molar-refractivity contribution in [3.05, 3.63) is 58.9 Å². The van der Waals surface area contributed by atoms with Gasteiger partial charge >= 0.3 is 0 Å². The summed E-state index contributed by atoms with van der Waals surface area (Å²) in [6.45, 7) is 1.06. The molecule has 0 aliphatic carbocycles. The predicted molar refractivity (Wildman–Crippen MR) is 79.8 cm³/mol. The molecule has 1 heterocycles. The molecule has 1 aliphatic rings. The minimum atomic E-state index is -0.831. The van der Waals surface area contributed by atoms with Gasteiger partial charge in [0.1, 0.15) is 22.9 Å². The summed E-state index contributed by atoms with van der Waals surface area (Å²) in [6.07, 6.45) is 1.57. The summed E-state index contributed by atoms with van der Waals surface area (Å²) in [5.41, 5.74) is 7.29. The van der Waals surface area contributed by atoms with Gasteiger partial charge in [-0.05, 0) is 29.3 Å². The number of ether oxygens (including phenoxy) is 2. The molecule has 0 fully saturated rings. The van der Waals surface area contributed by atoms with Crippen molar-refractivity contribution in [1.82, 2.24) is 0 Å². The zero-order valence-electron chi connectivity index (χ0n) is 12.0. The third-order valence-corrected chi connectivity index (χ3v) is 3.62. The number of hydrogen-bond donors (Lipinski definition) is 1. The largest absolute Gasteiger partial charge is 0.493 e. The molecule has 114 valence electrons. The van der Waals surface area contributed by atoms with Gasteiger partial charge in [-0.15, -0.1) is 0 Å². The van der Waals surface area contributed by atoms with Crippen molar-refractivity contribution in [2.24, 2.45) is 5.73 Å². The lowest BCUT2D eigenvalue weighted by atomic mass is 10.1. The van der Waals surface area contributed by atoms with Gasteiger partial charge in [-0.3, -0.25) is 4.79 Å². The maximum absolute atomic E-state index is 13.6. The van der Waals surface area contributed by atoms with E-state index in [0.29, 0.717) is 13.0 Å². The van der Waals surface area contributed by atoms with Crippen LogP contribution in [0.3, 0.4) is 0 Å². The second-order valence-electron chi connectivity index (χ2n) is 5.12. The van der Waals surface area contributed by atoms with E-state index in [1.165, 1.54) is 17.7 Å². The van der Waals surface area contributed by atoms with Crippen LogP contribution in [0.4, 0.5) is 4.39 Å². The van der Waals surface area contributed by atoms with E-state index in [4.69, 9.17) is 15.2 Å². The molecule has 0 aromatic heterocycles. The first-order valence-corrected chi connectivity index (χ1v) is 7.11. The van der Waals surface area contributed by atoms with Gasteiger partial charge in [0.25, 0.3) is 5.91 Å². The van der Waals surface area contributed by atoms with Gasteiger partial charge in [-0.1, -0.05) is 18.2 Å². The van der Waals surface area contributed by atoms with Gasteiger partial charge in [0.2, 0.25) is 0 Å². The summed E-state index contributed by atoms with van der Waals surface area (Å²) in [5, 5.41) is 0. The molecule has 1 amide bonds. The standard InChI is InChI=1S/C17H16FNO3/c18-13-2-1-3-15(16(13)17(19)20)22-8-6-11-4-5-14-12(10-11)7-9-21-14/h1-5,10H,6-9H2,(H2,19,20). The quantitative estimate of drug-likeness (QED) is 0.923. The van der Waals surface area contributed by atoms with Crippen LogP contribution in [0, 0.1) is 5.82 Å². The van der Waals surface area contributed by atoms with Crippen LogP contribution < -0.4 is 15.2 Å². The van der Waals surface area contributed by atoms with Crippen molar-refractivity contribution in [1.29, 1.82) is 0 Å². The van der Waals surface area contributed by atoms with Gasteiger partial charge in [-0.2, -0.15) is 0 Å². The Balaban J connectivity index is 1.66. The summed E-state index contributed by atoms with van der Waals surface area (Å²) < 4.78 is 24.6. The van der Waals surface area contributed by atoms with Crippen LogP contribution in [0.1, 0.15) is 21.5 Å². The van der Waals surface area contributed by atoms with Crippen LogP contribution in [0.5, 0.6) is 11.5 Å². The summed E-state index contributed by atoms with van der Waals surface area (Å²) in [7, 11) is 0. The number of carbonyl (C=O) groups excluding carboxylic acids is 1. The lowest BCUT2D eigenvalue weighted by Crippen LogP contribution is -2.16. The number of amides is 1. The lowest BCUT2D eigenvalue weighted by Gasteiger charge is -2.10. The van der Waals surface area contributed by atoms with E-state index < -0.39 is 11.7 Å².